The number of rotatable bonds is 1. The lowest BCUT2D eigenvalue weighted by Gasteiger charge is -2.33. The van der Waals surface area contributed by atoms with E-state index in [1.807, 2.05) is 0 Å². The maximum atomic E-state index is 9.36. The Labute approximate surface area is 91.1 Å². The fourth-order valence-corrected chi connectivity index (χ4v) is 3.43. The summed E-state index contributed by atoms with van der Waals surface area (Å²) in [7, 11) is 0. The first kappa shape index (κ1) is 9.41. The van der Waals surface area contributed by atoms with Crippen molar-refractivity contribution in [1.82, 2.24) is 0 Å². The minimum Gasteiger partial charge on any atom is -0.392 e. The zero-order valence-corrected chi connectivity index (χ0v) is 9.13. The van der Waals surface area contributed by atoms with Gasteiger partial charge in [-0.25, -0.2) is 0 Å². The van der Waals surface area contributed by atoms with Crippen LogP contribution in [0.1, 0.15) is 53.9 Å². The van der Waals surface area contributed by atoms with E-state index in [1.54, 1.807) is 11.1 Å². The van der Waals surface area contributed by atoms with Gasteiger partial charge >= 0.3 is 0 Å². The molecular weight excluding hydrogens is 184 g/mol. The quantitative estimate of drug-likeness (QED) is 0.742. The van der Waals surface area contributed by atoms with Crippen LogP contribution in [0.3, 0.4) is 0 Å². The zero-order chi connectivity index (χ0) is 10.3. The van der Waals surface area contributed by atoms with Crippen LogP contribution in [0.2, 0.25) is 0 Å². The molecule has 15 heavy (non-hydrogen) atoms. The standard InChI is InChI=1S/C14H18O/c15-9-12-8-7-11-4-1-3-10-5-2-6-13(12)14(10)11/h7-8,10,15H,1-6,9H2. The average Bonchev–Trinajstić information content (AvgIpc) is 2.30. The van der Waals surface area contributed by atoms with Crippen LogP contribution in [0.25, 0.3) is 0 Å². The van der Waals surface area contributed by atoms with Crippen molar-refractivity contribution in [3.05, 3.63) is 34.4 Å². The third-order valence-electron chi connectivity index (χ3n) is 4.10. The maximum Gasteiger partial charge on any atom is 0.0684 e. The molecule has 1 aromatic carbocycles. The van der Waals surface area contributed by atoms with E-state index in [0.29, 0.717) is 0 Å². The van der Waals surface area contributed by atoms with Crippen LogP contribution < -0.4 is 0 Å². The highest BCUT2D eigenvalue weighted by molar-refractivity contribution is 5.46. The third kappa shape index (κ3) is 1.41. The molecular formula is C14H18O. The molecule has 0 radical (unpaired) electrons. The molecule has 0 saturated carbocycles. The largest absolute Gasteiger partial charge is 0.392 e. The molecule has 0 aromatic heterocycles. The summed E-state index contributed by atoms with van der Waals surface area (Å²) in [5.41, 5.74) is 5.86. The smallest absolute Gasteiger partial charge is 0.0684 e. The minimum atomic E-state index is 0.218. The Balaban J connectivity index is 2.18. The summed E-state index contributed by atoms with van der Waals surface area (Å²) in [6.45, 7) is 0.218. The van der Waals surface area contributed by atoms with Gasteiger partial charge in [-0.15, -0.1) is 0 Å². The van der Waals surface area contributed by atoms with E-state index in [0.717, 1.165) is 5.92 Å². The van der Waals surface area contributed by atoms with Crippen molar-refractivity contribution in [3.8, 4) is 0 Å². The molecule has 1 N–H and O–H groups in total. The van der Waals surface area contributed by atoms with Crippen molar-refractivity contribution in [3.63, 3.8) is 0 Å². The Morgan fingerprint density at radius 1 is 1.13 bits per heavy atom. The van der Waals surface area contributed by atoms with Crippen LogP contribution in [0.4, 0.5) is 0 Å². The molecule has 1 aromatic rings. The van der Waals surface area contributed by atoms with Crippen LogP contribution in [-0.2, 0) is 19.4 Å². The van der Waals surface area contributed by atoms with Gasteiger partial charge in [-0.1, -0.05) is 12.1 Å². The Bertz CT molecular complexity index is 379. The van der Waals surface area contributed by atoms with Gasteiger partial charge in [0.2, 0.25) is 0 Å². The fraction of sp³-hybridized carbons (Fsp3) is 0.571. The Kier molecular flexibility index (Phi) is 2.28. The van der Waals surface area contributed by atoms with Crippen LogP contribution in [0, 0.1) is 0 Å². The van der Waals surface area contributed by atoms with Gasteiger partial charge in [-0.3, -0.25) is 0 Å². The molecule has 0 fully saturated rings. The van der Waals surface area contributed by atoms with Gasteiger partial charge in [0, 0.05) is 0 Å². The summed E-state index contributed by atoms with van der Waals surface area (Å²) in [4.78, 5) is 0. The number of aryl methyl sites for hydroxylation is 1. The van der Waals surface area contributed by atoms with Crippen LogP contribution in [-0.4, -0.2) is 5.11 Å². The summed E-state index contributed by atoms with van der Waals surface area (Å²) >= 11 is 0. The molecule has 3 rings (SSSR count). The average molecular weight is 202 g/mol. The number of aliphatic hydroxyl groups is 1. The van der Waals surface area contributed by atoms with Crippen molar-refractivity contribution in [2.45, 2.75) is 51.0 Å². The number of benzene rings is 1. The molecule has 2 aliphatic carbocycles. The summed E-state index contributed by atoms with van der Waals surface area (Å²) < 4.78 is 0. The van der Waals surface area contributed by atoms with E-state index in [4.69, 9.17) is 0 Å². The van der Waals surface area contributed by atoms with Gasteiger partial charge in [0.25, 0.3) is 0 Å². The number of hydrogen-bond acceptors (Lipinski definition) is 1. The first-order valence-electron chi connectivity index (χ1n) is 6.14. The predicted octanol–water partition coefficient (Wildman–Crippen LogP) is 2.94. The lowest BCUT2D eigenvalue weighted by atomic mass is 9.72. The van der Waals surface area contributed by atoms with Crippen LogP contribution in [0.15, 0.2) is 12.1 Å². The molecule has 80 valence electrons. The second-order valence-corrected chi connectivity index (χ2v) is 4.92. The van der Waals surface area contributed by atoms with E-state index >= 15 is 0 Å². The normalized spacial score (nSPS) is 23.7. The lowest BCUT2D eigenvalue weighted by Crippen LogP contribution is -2.18. The molecule has 0 bridgehead atoms. The van der Waals surface area contributed by atoms with E-state index in [1.165, 1.54) is 49.7 Å². The number of hydrogen-bond donors (Lipinski definition) is 1. The molecule has 0 saturated heterocycles. The van der Waals surface area contributed by atoms with Gasteiger partial charge in [-0.05, 0) is 66.7 Å². The van der Waals surface area contributed by atoms with Crippen molar-refractivity contribution in [1.29, 1.82) is 0 Å². The number of aliphatic hydroxyl groups excluding tert-OH is 1. The lowest BCUT2D eigenvalue weighted by molar-refractivity contribution is 0.279. The molecule has 1 nitrogen and oxygen atoms in total. The van der Waals surface area contributed by atoms with Crippen molar-refractivity contribution < 1.29 is 5.11 Å². The van der Waals surface area contributed by atoms with E-state index in [-0.39, 0.29) is 6.61 Å². The van der Waals surface area contributed by atoms with Gasteiger partial charge in [0.05, 0.1) is 6.61 Å². The van der Waals surface area contributed by atoms with Crippen molar-refractivity contribution >= 4 is 0 Å². The molecule has 0 heterocycles. The molecule has 0 aliphatic heterocycles. The summed E-state index contributed by atoms with van der Waals surface area (Å²) in [5, 5.41) is 9.36. The monoisotopic (exact) mass is 202 g/mol. The SMILES string of the molecule is OCc1ccc2c3c1CCCC3CCC2. The zero-order valence-electron chi connectivity index (χ0n) is 9.13. The topological polar surface area (TPSA) is 20.2 Å². The molecule has 2 aliphatic rings. The van der Waals surface area contributed by atoms with Crippen molar-refractivity contribution in [2.24, 2.45) is 0 Å². The Morgan fingerprint density at radius 3 is 2.73 bits per heavy atom. The third-order valence-corrected chi connectivity index (χ3v) is 4.10. The molecule has 1 unspecified atom stereocenters. The molecule has 0 amide bonds. The molecule has 0 spiro atoms. The van der Waals surface area contributed by atoms with Crippen LogP contribution in [0.5, 0.6) is 0 Å². The molecule has 1 atom stereocenters. The highest BCUT2D eigenvalue weighted by Crippen LogP contribution is 2.42. The second-order valence-electron chi connectivity index (χ2n) is 4.92. The van der Waals surface area contributed by atoms with E-state index in [9.17, 15) is 5.11 Å². The first-order chi connectivity index (χ1) is 7.40. The predicted molar refractivity (Wildman–Crippen MR) is 61.0 cm³/mol. The fourth-order valence-electron chi connectivity index (χ4n) is 3.43. The van der Waals surface area contributed by atoms with E-state index in [2.05, 4.69) is 12.1 Å². The van der Waals surface area contributed by atoms with Gasteiger partial charge < -0.3 is 5.11 Å². The minimum absolute atomic E-state index is 0.218. The Hall–Kier alpha value is -0.820. The van der Waals surface area contributed by atoms with E-state index < -0.39 is 0 Å². The Morgan fingerprint density at radius 2 is 1.93 bits per heavy atom. The molecule has 1 heteroatoms. The highest BCUT2D eigenvalue weighted by Gasteiger charge is 2.27. The van der Waals surface area contributed by atoms with Gasteiger partial charge in [-0.2, -0.15) is 0 Å². The summed E-state index contributed by atoms with van der Waals surface area (Å²) in [6, 6.07) is 4.39. The van der Waals surface area contributed by atoms with Gasteiger partial charge in [0.1, 0.15) is 0 Å². The second kappa shape index (κ2) is 3.64. The van der Waals surface area contributed by atoms with Crippen LogP contribution >= 0.6 is 0 Å². The van der Waals surface area contributed by atoms with Crippen molar-refractivity contribution in [2.75, 3.05) is 0 Å². The van der Waals surface area contributed by atoms with Gasteiger partial charge in [0.15, 0.2) is 0 Å². The maximum absolute atomic E-state index is 9.36. The first-order valence-corrected chi connectivity index (χ1v) is 6.14. The summed E-state index contributed by atoms with van der Waals surface area (Å²) in [6.07, 6.45) is 7.85. The highest BCUT2D eigenvalue weighted by atomic mass is 16.3. The summed E-state index contributed by atoms with van der Waals surface area (Å²) in [5.74, 6) is 0.809.